The largest absolute Gasteiger partial charge is 0.497 e. The third kappa shape index (κ3) is 6.29. The van der Waals surface area contributed by atoms with Crippen LogP contribution in [-0.2, 0) is 14.4 Å². The number of carbonyl (C=O) groups excluding carboxylic acids is 2. The lowest BCUT2D eigenvalue weighted by molar-refractivity contribution is -0.137. The van der Waals surface area contributed by atoms with Crippen molar-refractivity contribution in [1.29, 1.82) is 0 Å². The first-order valence-electron chi connectivity index (χ1n) is 9.47. The van der Waals surface area contributed by atoms with E-state index < -0.39 is 11.9 Å². The van der Waals surface area contributed by atoms with E-state index in [-0.39, 0.29) is 18.9 Å². The molecule has 0 spiro atoms. The van der Waals surface area contributed by atoms with Gasteiger partial charge < -0.3 is 14.6 Å². The Bertz CT molecular complexity index is 1090. The fraction of sp³-hybridized carbons (Fsp3) is 0.130. The van der Waals surface area contributed by atoms with Crippen LogP contribution >= 0.6 is 24.0 Å². The Morgan fingerprint density at radius 2 is 1.69 bits per heavy atom. The minimum atomic E-state index is -0.994. The summed E-state index contributed by atoms with van der Waals surface area (Å²) < 4.78 is 10.7. The molecule has 2 aromatic carbocycles. The summed E-state index contributed by atoms with van der Waals surface area (Å²) in [5.41, 5.74) is 1.55. The lowest BCUT2D eigenvalue weighted by Gasteiger charge is -2.12. The van der Waals surface area contributed by atoms with Gasteiger partial charge in [0.05, 0.1) is 18.4 Å². The molecular weight excluding hydrogens is 450 g/mol. The van der Waals surface area contributed by atoms with E-state index in [1.54, 1.807) is 55.7 Å². The molecule has 1 heterocycles. The van der Waals surface area contributed by atoms with Gasteiger partial charge in [-0.25, -0.2) is 4.79 Å². The number of amides is 1. The van der Waals surface area contributed by atoms with Gasteiger partial charge in [-0.3, -0.25) is 14.5 Å². The van der Waals surface area contributed by atoms with Gasteiger partial charge in [-0.1, -0.05) is 48.2 Å². The molecule has 0 aromatic heterocycles. The number of carboxylic acids is 1. The average Bonchev–Trinajstić information content (AvgIpc) is 3.04. The molecule has 1 aliphatic rings. The summed E-state index contributed by atoms with van der Waals surface area (Å²) in [4.78, 5) is 36.9. The number of thioether (sulfide) groups is 1. The van der Waals surface area contributed by atoms with Gasteiger partial charge in [-0.15, -0.1) is 0 Å². The van der Waals surface area contributed by atoms with Crippen LogP contribution in [0.1, 0.15) is 17.5 Å². The number of esters is 1. The molecule has 164 valence electrons. The molecular formula is C23H19NO6S2. The van der Waals surface area contributed by atoms with Crippen LogP contribution < -0.4 is 9.47 Å². The maximum absolute atomic E-state index is 12.4. The fourth-order valence-electron chi connectivity index (χ4n) is 2.71. The molecule has 0 unspecified atom stereocenters. The zero-order valence-electron chi connectivity index (χ0n) is 17.0. The molecule has 0 bridgehead atoms. The molecule has 2 aromatic rings. The first-order chi connectivity index (χ1) is 15.4. The van der Waals surface area contributed by atoms with Crippen molar-refractivity contribution in [3.63, 3.8) is 0 Å². The predicted octanol–water partition coefficient (Wildman–Crippen LogP) is 3.99. The van der Waals surface area contributed by atoms with Crippen LogP contribution in [-0.4, -0.2) is 45.8 Å². The van der Waals surface area contributed by atoms with Crippen molar-refractivity contribution >= 4 is 58.3 Å². The highest BCUT2D eigenvalue weighted by molar-refractivity contribution is 8.26. The van der Waals surface area contributed by atoms with E-state index in [0.29, 0.717) is 15.0 Å². The van der Waals surface area contributed by atoms with Crippen LogP contribution in [0, 0.1) is 0 Å². The normalized spacial score (nSPS) is 14.9. The van der Waals surface area contributed by atoms with Gasteiger partial charge >= 0.3 is 11.9 Å². The quantitative estimate of drug-likeness (QED) is 0.269. The minimum absolute atomic E-state index is 0.0380. The molecule has 32 heavy (non-hydrogen) atoms. The summed E-state index contributed by atoms with van der Waals surface area (Å²) in [7, 11) is 1.58. The first kappa shape index (κ1) is 23.2. The van der Waals surface area contributed by atoms with Crippen LogP contribution in [0.15, 0.2) is 59.5 Å². The molecule has 0 saturated carbocycles. The molecule has 1 fully saturated rings. The molecule has 1 amide bonds. The SMILES string of the molecule is COc1ccc(/C=C/C(=O)Oc2ccc(/C=C3/SC(=S)N(CCC(=O)O)C3=O)cc2)cc1. The number of aliphatic carboxylic acids is 1. The molecule has 9 heteroatoms. The van der Waals surface area contributed by atoms with Crippen molar-refractivity contribution in [2.45, 2.75) is 6.42 Å². The molecule has 1 aliphatic heterocycles. The zero-order valence-corrected chi connectivity index (χ0v) is 18.7. The summed E-state index contributed by atoms with van der Waals surface area (Å²) in [5.74, 6) is -0.742. The van der Waals surface area contributed by atoms with E-state index >= 15 is 0 Å². The van der Waals surface area contributed by atoms with Gasteiger partial charge in [0.25, 0.3) is 5.91 Å². The summed E-state index contributed by atoms with van der Waals surface area (Å²) in [6.07, 6.45) is 4.46. The second-order valence-corrected chi connectivity index (χ2v) is 8.25. The van der Waals surface area contributed by atoms with Crippen LogP contribution in [0.3, 0.4) is 0 Å². The Hall–Kier alpha value is -3.43. The van der Waals surface area contributed by atoms with E-state index in [2.05, 4.69) is 0 Å². The van der Waals surface area contributed by atoms with E-state index in [4.69, 9.17) is 26.8 Å². The number of benzene rings is 2. The summed E-state index contributed by atoms with van der Waals surface area (Å²) in [5, 5.41) is 8.80. The Labute approximate surface area is 194 Å². The maximum atomic E-state index is 12.4. The lowest BCUT2D eigenvalue weighted by Crippen LogP contribution is -2.30. The lowest BCUT2D eigenvalue weighted by atomic mass is 10.2. The molecule has 0 radical (unpaired) electrons. The van der Waals surface area contributed by atoms with Crippen LogP contribution in [0.5, 0.6) is 11.5 Å². The minimum Gasteiger partial charge on any atom is -0.497 e. The van der Waals surface area contributed by atoms with Crippen molar-refractivity contribution in [1.82, 2.24) is 4.90 Å². The van der Waals surface area contributed by atoms with Crippen molar-refractivity contribution < 1.29 is 29.0 Å². The summed E-state index contributed by atoms with van der Waals surface area (Å²) in [6.45, 7) is 0.0380. The number of ether oxygens (including phenoxy) is 2. The molecule has 1 saturated heterocycles. The average molecular weight is 470 g/mol. The van der Waals surface area contributed by atoms with Crippen molar-refractivity contribution in [3.05, 3.63) is 70.6 Å². The van der Waals surface area contributed by atoms with Crippen LogP contribution in [0.4, 0.5) is 0 Å². The Morgan fingerprint density at radius 3 is 2.31 bits per heavy atom. The van der Waals surface area contributed by atoms with Crippen molar-refractivity contribution in [3.8, 4) is 11.5 Å². The Kier molecular flexibility index (Phi) is 7.80. The number of thiocarbonyl (C=S) groups is 1. The number of methoxy groups -OCH3 is 1. The second-order valence-electron chi connectivity index (χ2n) is 6.57. The maximum Gasteiger partial charge on any atom is 0.336 e. The Balaban J connectivity index is 1.59. The van der Waals surface area contributed by atoms with E-state index in [1.165, 1.54) is 11.0 Å². The zero-order chi connectivity index (χ0) is 23.1. The highest BCUT2D eigenvalue weighted by Crippen LogP contribution is 2.32. The molecule has 1 N–H and O–H groups in total. The molecule has 3 rings (SSSR count). The van der Waals surface area contributed by atoms with Gasteiger partial charge in [0, 0.05) is 12.6 Å². The standard InChI is InChI=1S/C23H19NO6S2/c1-29-17-7-2-15(3-8-17)6-11-21(27)30-18-9-4-16(5-10-18)14-19-22(28)24(23(31)32-19)13-12-20(25)26/h2-11,14H,12-13H2,1H3,(H,25,26)/b11-6+,19-14+. The smallest absolute Gasteiger partial charge is 0.336 e. The Morgan fingerprint density at radius 1 is 1.06 bits per heavy atom. The fourth-order valence-corrected chi connectivity index (χ4v) is 4.02. The third-order valence-electron chi connectivity index (χ3n) is 4.35. The topological polar surface area (TPSA) is 93.1 Å². The molecule has 0 atom stereocenters. The number of hydrogen-bond donors (Lipinski definition) is 1. The van der Waals surface area contributed by atoms with Crippen molar-refractivity contribution in [2.24, 2.45) is 0 Å². The van der Waals surface area contributed by atoms with Gasteiger partial charge in [0.1, 0.15) is 15.8 Å². The van der Waals surface area contributed by atoms with Crippen LogP contribution in [0.2, 0.25) is 0 Å². The van der Waals surface area contributed by atoms with Gasteiger partial charge in [0.15, 0.2) is 0 Å². The highest BCUT2D eigenvalue weighted by Gasteiger charge is 2.32. The number of nitrogens with zero attached hydrogens (tertiary/aromatic N) is 1. The van der Waals surface area contributed by atoms with E-state index in [9.17, 15) is 14.4 Å². The van der Waals surface area contributed by atoms with Gasteiger partial charge in [-0.2, -0.15) is 0 Å². The predicted molar refractivity (Wildman–Crippen MR) is 126 cm³/mol. The summed E-state index contributed by atoms with van der Waals surface area (Å²) in [6, 6.07) is 13.9. The van der Waals surface area contributed by atoms with E-state index in [1.807, 2.05) is 12.1 Å². The van der Waals surface area contributed by atoms with E-state index in [0.717, 1.165) is 28.6 Å². The molecule has 7 nitrogen and oxygen atoms in total. The van der Waals surface area contributed by atoms with Crippen molar-refractivity contribution in [2.75, 3.05) is 13.7 Å². The number of rotatable bonds is 8. The number of carbonyl (C=O) groups is 3. The highest BCUT2D eigenvalue weighted by atomic mass is 32.2. The third-order valence-corrected chi connectivity index (χ3v) is 5.72. The van der Waals surface area contributed by atoms with Gasteiger partial charge in [-0.05, 0) is 47.5 Å². The second kappa shape index (κ2) is 10.7. The number of carboxylic acid groups (broad SMARTS) is 1. The first-order valence-corrected chi connectivity index (χ1v) is 10.7. The summed E-state index contributed by atoms with van der Waals surface area (Å²) >= 11 is 6.29. The molecule has 0 aliphatic carbocycles. The monoisotopic (exact) mass is 469 g/mol. The van der Waals surface area contributed by atoms with Crippen LogP contribution in [0.25, 0.3) is 12.2 Å². The van der Waals surface area contributed by atoms with Gasteiger partial charge in [0.2, 0.25) is 0 Å². The number of hydrogen-bond acceptors (Lipinski definition) is 7.